The molecule has 34 heavy (non-hydrogen) atoms. The standard InChI is InChI=1S/C27H34ClN5O/c1-17(2)26(28)27(29-18(3)15-32(5)6)33-11-12-34-25-10-8-20(13-22(25)16-33)21-7-9-23-24(14-21)31-19(4)30-23/h7-10,13-14,18H,11-12,15-16H2,1-6H3,(H,30,31). The molecule has 1 aromatic heterocycles. The predicted molar refractivity (Wildman–Crippen MR) is 142 cm³/mol. The van der Waals surface area contributed by atoms with Crippen molar-refractivity contribution >= 4 is 28.5 Å². The lowest BCUT2D eigenvalue weighted by atomic mass is 10.0. The highest BCUT2D eigenvalue weighted by Crippen LogP contribution is 2.31. The van der Waals surface area contributed by atoms with Crippen molar-refractivity contribution in [1.82, 2.24) is 19.8 Å². The maximum absolute atomic E-state index is 6.80. The van der Waals surface area contributed by atoms with Gasteiger partial charge in [-0.3, -0.25) is 4.99 Å². The number of fused-ring (bicyclic) bond motifs is 2. The van der Waals surface area contributed by atoms with Crippen molar-refractivity contribution in [3.63, 3.8) is 0 Å². The van der Waals surface area contributed by atoms with Gasteiger partial charge in [-0.05, 0) is 77.2 Å². The molecule has 0 fully saturated rings. The lowest BCUT2D eigenvalue weighted by molar-refractivity contribution is 0.289. The van der Waals surface area contributed by atoms with E-state index in [-0.39, 0.29) is 6.04 Å². The summed E-state index contributed by atoms with van der Waals surface area (Å²) in [6.07, 6.45) is 0. The predicted octanol–water partition coefficient (Wildman–Crippen LogP) is 5.61. The van der Waals surface area contributed by atoms with Gasteiger partial charge in [0, 0.05) is 18.7 Å². The third kappa shape index (κ3) is 5.45. The SMILES string of the molecule is CC(C)=C(Cl)C(=NC(C)CN(C)C)N1CCOc2ccc(-c3ccc4nc(C)[nH]c4c3)cc2C1. The van der Waals surface area contributed by atoms with Gasteiger partial charge in [0.25, 0.3) is 0 Å². The fourth-order valence-corrected chi connectivity index (χ4v) is 4.52. The third-order valence-corrected chi connectivity index (χ3v) is 6.43. The molecule has 0 saturated carbocycles. The van der Waals surface area contributed by atoms with E-state index in [2.05, 4.69) is 77.2 Å². The first-order chi connectivity index (χ1) is 16.2. The van der Waals surface area contributed by atoms with Gasteiger partial charge in [0.05, 0.1) is 28.7 Å². The number of aromatic nitrogens is 2. The molecule has 1 N–H and O–H groups in total. The molecule has 4 rings (SSSR count). The second-order valence-corrected chi connectivity index (χ2v) is 9.90. The number of likely N-dealkylation sites (N-methyl/N-ethyl adjacent to an activating group) is 1. The van der Waals surface area contributed by atoms with Crippen LogP contribution in [0.2, 0.25) is 0 Å². The molecule has 0 bridgehead atoms. The molecule has 1 aliphatic rings. The molecular formula is C27H34ClN5O. The van der Waals surface area contributed by atoms with Crippen LogP contribution < -0.4 is 4.74 Å². The number of H-pyrrole nitrogens is 1. The van der Waals surface area contributed by atoms with E-state index >= 15 is 0 Å². The minimum absolute atomic E-state index is 0.123. The van der Waals surface area contributed by atoms with Crippen molar-refractivity contribution in [3.8, 4) is 16.9 Å². The van der Waals surface area contributed by atoms with E-state index in [0.717, 1.165) is 63.8 Å². The Hall–Kier alpha value is -2.83. The number of hydrogen-bond donors (Lipinski definition) is 1. The quantitative estimate of drug-likeness (QED) is 0.381. The van der Waals surface area contributed by atoms with Crippen LogP contribution in [0.25, 0.3) is 22.2 Å². The average Bonchev–Trinajstić information content (AvgIpc) is 3.02. The van der Waals surface area contributed by atoms with Crippen LogP contribution in [0.1, 0.15) is 32.2 Å². The number of aromatic amines is 1. The van der Waals surface area contributed by atoms with E-state index in [1.165, 1.54) is 0 Å². The van der Waals surface area contributed by atoms with Gasteiger partial charge in [-0.2, -0.15) is 0 Å². The largest absolute Gasteiger partial charge is 0.491 e. The molecule has 6 nitrogen and oxygen atoms in total. The fourth-order valence-electron chi connectivity index (χ4n) is 4.35. The Morgan fingerprint density at radius 1 is 1.21 bits per heavy atom. The van der Waals surface area contributed by atoms with Crippen LogP contribution in [0.5, 0.6) is 5.75 Å². The van der Waals surface area contributed by atoms with Gasteiger partial charge >= 0.3 is 0 Å². The molecule has 7 heteroatoms. The van der Waals surface area contributed by atoms with Crippen LogP contribution in [0, 0.1) is 6.92 Å². The van der Waals surface area contributed by atoms with Crippen molar-refractivity contribution < 1.29 is 4.74 Å². The number of hydrogen-bond acceptors (Lipinski definition) is 4. The number of imidazole rings is 1. The molecule has 0 saturated heterocycles. The molecular weight excluding hydrogens is 446 g/mol. The van der Waals surface area contributed by atoms with E-state index < -0.39 is 0 Å². The molecule has 1 unspecified atom stereocenters. The number of aryl methyl sites for hydroxylation is 1. The van der Waals surface area contributed by atoms with Gasteiger partial charge in [0.2, 0.25) is 0 Å². The molecule has 0 spiro atoms. The van der Waals surface area contributed by atoms with E-state index in [4.69, 9.17) is 21.3 Å². The number of benzene rings is 2. The number of ether oxygens (including phenoxy) is 1. The number of amidine groups is 1. The van der Waals surface area contributed by atoms with Crippen LogP contribution >= 0.6 is 11.6 Å². The highest BCUT2D eigenvalue weighted by atomic mass is 35.5. The summed E-state index contributed by atoms with van der Waals surface area (Å²) < 4.78 is 6.12. The number of halogens is 1. The molecule has 2 heterocycles. The molecule has 0 amide bonds. The monoisotopic (exact) mass is 479 g/mol. The lowest BCUT2D eigenvalue weighted by Gasteiger charge is -2.26. The van der Waals surface area contributed by atoms with Gasteiger partial charge in [-0.15, -0.1) is 0 Å². The summed E-state index contributed by atoms with van der Waals surface area (Å²) in [4.78, 5) is 17.3. The van der Waals surface area contributed by atoms with Crippen molar-refractivity contribution in [2.45, 2.75) is 40.3 Å². The summed E-state index contributed by atoms with van der Waals surface area (Å²) in [6.45, 7) is 11.0. The Balaban J connectivity index is 1.68. The molecule has 2 aromatic carbocycles. The van der Waals surface area contributed by atoms with E-state index in [9.17, 15) is 0 Å². The van der Waals surface area contributed by atoms with Crippen molar-refractivity contribution in [2.24, 2.45) is 4.99 Å². The summed E-state index contributed by atoms with van der Waals surface area (Å²) >= 11 is 6.80. The van der Waals surface area contributed by atoms with Crippen LogP contribution in [-0.2, 0) is 6.54 Å². The summed E-state index contributed by atoms with van der Waals surface area (Å²) in [5, 5.41) is 0.713. The Morgan fingerprint density at radius 3 is 2.68 bits per heavy atom. The normalized spacial score (nSPS) is 15.2. The van der Waals surface area contributed by atoms with Gasteiger partial charge in [0.15, 0.2) is 0 Å². The van der Waals surface area contributed by atoms with Crippen LogP contribution in [-0.4, -0.2) is 65.4 Å². The average molecular weight is 480 g/mol. The maximum atomic E-state index is 6.80. The first kappa shape index (κ1) is 24.3. The Morgan fingerprint density at radius 2 is 1.94 bits per heavy atom. The highest BCUT2D eigenvalue weighted by molar-refractivity contribution is 6.43. The summed E-state index contributed by atoms with van der Waals surface area (Å²) in [7, 11) is 4.13. The second-order valence-electron chi connectivity index (χ2n) is 9.52. The van der Waals surface area contributed by atoms with E-state index in [1.54, 1.807) is 0 Å². The molecule has 0 radical (unpaired) electrons. The lowest BCUT2D eigenvalue weighted by Crippen LogP contribution is -2.35. The first-order valence-corrected chi connectivity index (χ1v) is 12.1. The number of rotatable bonds is 5. The first-order valence-electron chi connectivity index (χ1n) is 11.7. The van der Waals surface area contributed by atoms with Crippen LogP contribution in [0.4, 0.5) is 0 Å². The van der Waals surface area contributed by atoms with Crippen molar-refractivity contribution in [1.29, 1.82) is 0 Å². The van der Waals surface area contributed by atoms with Crippen molar-refractivity contribution in [3.05, 3.63) is 58.4 Å². The number of nitrogens with one attached hydrogen (secondary N) is 1. The van der Waals surface area contributed by atoms with Gasteiger partial charge in [0.1, 0.15) is 24.0 Å². The minimum Gasteiger partial charge on any atom is -0.491 e. The topological polar surface area (TPSA) is 56.8 Å². The number of aliphatic imine (C=N–C) groups is 1. The Kier molecular flexibility index (Phi) is 7.29. The third-order valence-electron chi connectivity index (χ3n) is 5.88. The zero-order chi connectivity index (χ0) is 24.4. The van der Waals surface area contributed by atoms with Crippen LogP contribution in [0.3, 0.4) is 0 Å². The summed E-state index contributed by atoms with van der Waals surface area (Å²) in [5.41, 5.74) is 6.50. The highest BCUT2D eigenvalue weighted by Gasteiger charge is 2.22. The van der Waals surface area contributed by atoms with Gasteiger partial charge < -0.3 is 19.5 Å². The maximum Gasteiger partial charge on any atom is 0.143 e. The van der Waals surface area contributed by atoms with Crippen LogP contribution in [0.15, 0.2) is 52.0 Å². The summed E-state index contributed by atoms with van der Waals surface area (Å²) in [6, 6.07) is 12.9. The Labute approximate surface area is 207 Å². The van der Waals surface area contributed by atoms with E-state index in [1.807, 2.05) is 20.8 Å². The molecule has 1 atom stereocenters. The van der Waals surface area contributed by atoms with Gasteiger partial charge in [-0.25, -0.2) is 4.98 Å². The molecule has 3 aromatic rings. The van der Waals surface area contributed by atoms with Crippen molar-refractivity contribution in [2.75, 3.05) is 33.8 Å². The van der Waals surface area contributed by atoms with Gasteiger partial charge in [-0.1, -0.05) is 29.3 Å². The fraction of sp³-hybridized carbons (Fsp3) is 0.407. The smallest absolute Gasteiger partial charge is 0.143 e. The molecule has 180 valence electrons. The zero-order valence-corrected chi connectivity index (χ0v) is 21.7. The summed E-state index contributed by atoms with van der Waals surface area (Å²) in [5.74, 6) is 2.68. The minimum atomic E-state index is 0.123. The molecule has 0 aliphatic carbocycles. The zero-order valence-electron chi connectivity index (χ0n) is 20.9. The number of nitrogens with zero attached hydrogens (tertiary/aromatic N) is 4. The Bertz CT molecular complexity index is 1240. The molecule has 1 aliphatic heterocycles. The second kappa shape index (κ2) is 10.2. The number of allylic oxidation sites excluding steroid dienone is 1. The van der Waals surface area contributed by atoms with E-state index in [0.29, 0.717) is 18.2 Å².